The van der Waals surface area contributed by atoms with Crippen LogP contribution in [-0.4, -0.2) is 36.9 Å². The Bertz CT molecular complexity index is 270. The molecule has 0 spiro atoms. The van der Waals surface area contributed by atoms with Crippen molar-refractivity contribution in [1.82, 2.24) is 5.32 Å². The molecule has 0 heterocycles. The molecule has 0 aliphatic heterocycles. The topological polar surface area (TPSA) is 58.6 Å². The molecule has 2 N–H and O–H groups in total. The predicted octanol–water partition coefficient (Wildman–Crippen LogP) is 1.72. The zero-order valence-corrected chi connectivity index (χ0v) is 11.9. The van der Waals surface area contributed by atoms with Crippen LogP contribution in [0, 0.1) is 11.8 Å². The van der Waals surface area contributed by atoms with Gasteiger partial charge in [0, 0.05) is 20.1 Å². The van der Waals surface area contributed by atoms with Crippen molar-refractivity contribution in [2.45, 2.75) is 51.5 Å². The lowest BCUT2D eigenvalue weighted by Crippen LogP contribution is -2.54. The summed E-state index contributed by atoms with van der Waals surface area (Å²) < 4.78 is 5.03. The van der Waals surface area contributed by atoms with Gasteiger partial charge in [0.05, 0.1) is 12.1 Å². The molecule has 3 unspecified atom stereocenters. The minimum Gasteiger partial charge on any atom is -0.394 e. The molecule has 1 aliphatic carbocycles. The molecule has 0 aromatic rings. The van der Waals surface area contributed by atoms with E-state index in [0.717, 1.165) is 19.3 Å². The van der Waals surface area contributed by atoms with Gasteiger partial charge in [-0.1, -0.05) is 26.7 Å². The van der Waals surface area contributed by atoms with E-state index in [1.807, 2.05) is 6.92 Å². The summed E-state index contributed by atoms with van der Waals surface area (Å²) in [6.45, 7) is 4.82. The van der Waals surface area contributed by atoms with Crippen LogP contribution in [0.25, 0.3) is 0 Å². The fraction of sp³-hybridized carbons (Fsp3) is 0.929. The molecule has 0 bridgehead atoms. The third kappa shape index (κ3) is 4.58. The van der Waals surface area contributed by atoms with Crippen LogP contribution in [0.15, 0.2) is 0 Å². The van der Waals surface area contributed by atoms with E-state index in [-0.39, 0.29) is 24.0 Å². The maximum Gasteiger partial charge on any atom is 0.220 e. The van der Waals surface area contributed by atoms with Crippen LogP contribution in [0.4, 0.5) is 0 Å². The number of carbonyl (C=O) groups excluding carboxylic acids is 1. The summed E-state index contributed by atoms with van der Waals surface area (Å²) in [5.41, 5.74) is -0.387. The molecule has 1 amide bonds. The number of ether oxygens (including phenoxy) is 1. The van der Waals surface area contributed by atoms with Gasteiger partial charge in [0.2, 0.25) is 5.91 Å². The Morgan fingerprint density at radius 1 is 1.61 bits per heavy atom. The highest BCUT2D eigenvalue weighted by Gasteiger charge is 2.35. The molecule has 4 heteroatoms. The molecule has 4 nitrogen and oxygen atoms in total. The van der Waals surface area contributed by atoms with Gasteiger partial charge in [0.1, 0.15) is 0 Å². The van der Waals surface area contributed by atoms with Crippen molar-refractivity contribution in [3.8, 4) is 0 Å². The molecule has 1 aliphatic rings. The number of methoxy groups -OCH3 is 1. The maximum atomic E-state index is 12.0. The maximum absolute atomic E-state index is 12.0. The van der Waals surface area contributed by atoms with Gasteiger partial charge in [0.15, 0.2) is 0 Å². The van der Waals surface area contributed by atoms with Gasteiger partial charge in [-0.15, -0.1) is 0 Å². The molecule has 0 aromatic heterocycles. The summed E-state index contributed by atoms with van der Waals surface area (Å²) in [4.78, 5) is 12.0. The number of aliphatic hydroxyl groups is 1. The average Bonchev–Trinajstić information content (AvgIpc) is 2.28. The van der Waals surface area contributed by atoms with E-state index in [2.05, 4.69) is 12.2 Å². The summed E-state index contributed by atoms with van der Waals surface area (Å²) in [6, 6.07) is 0. The molecule has 0 saturated heterocycles. The molecule has 1 saturated carbocycles. The first-order valence-electron chi connectivity index (χ1n) is 6.92. The van der Waals surface area contributed by atoms with Crippen molar-refractivity contribution in [3.05, 3.63) is 0 Å². The van der Waals surface area contributed by atoms with E-state index in [4.69, 9.17) is 4.74 Å². The third-order valence-corrected chi connectivity index (χ3v) is 3.78. The highest BCUT2D eigenvalue weighted by atomic mass is 16.5. The van der Waals surface area contributed by atoms with Gasteiger partial charge in [-0.2, -0.15) is 0 Å². The molecule has 106 valence electrons. The molecule has 0 aromatic carbocycles. The normalized spacial score (nSPS) is 29.9. The quantitative estimate of drug-likeness (QED) is 0.761. The van der Waals surface area contributed by atoms with Crippen LogP contribution in [-0.2, 0) is 9.53 Å². The van der Waals surface area contributed by atoms with Gasteiger partial charge in [-0.3, -0.25) is 4.79 Å². The number of amides is 1. The summed E-state index contributed by atoms with van der Waals surface area (Å²) in [5, 5.41) is 12.7. The molecule has 0 radical (unpaired) electrons. The molecule has 1 fully saturated rings. The van der Waals surface area contributed by atoms with Crippen LogP contribution in [0.2, 0.25) is 0 Å². The Labute approximate surface area is 110 Å². The molecule has 18 heavy (non-hydrogen) atoms. The Morgan fingerprint density at radius 3 is 2.89 bits per heavy atom. The lowest BCUT2D eigenvalue weighted by atomic mass is 9.76. The van der Waals surface area contributed by atoms with Crippen LogP contribution in [0.5, 0.6) is 0 Å². The first-order chi connectivity index (χ1) is 8.51. The van der Waals surface area contributed by atoms with Crippen LogP contribution < -0.4 is 5.32 Å². The summed E-state index contributed by atoms with van der Waals surface area (Å²) >= 11 is 0. The summed E-state index contributed by atoms with van der Waals surface area (Å²) in [5.74, 6) is 0.817. The Balaban J connectivity index is 2.49. The van der Waals surface area contributed by atoms with Gasteiger partial charge in [-0.25, -0.2) is 0 Å². The van der Waals surface area contributed by atoms with Gasteiger partial charge >= 0.3 is 0 Å². The molecule has 3 atom stereocenters. The van der Waals surface area contributed by atoms with E-state index in [9.17, 15) is 9.90 Å². The van der Waals surface area contributed by atoms with Crippen molar-refractivity contribution in [1.29, 1.82) is 0 Å². The van der Waals surface area contributed by atoms with Gasteiger partial charge < -0.3 is 15.2 Å². The smallest absolute Gasteiger partial charge is 0.220 e. The molecular weight excluding hydrogens is 230 g/mol. The first-order valence-corrected chi connectivity index (χ1v) is 6.92. The number of rotatable bonds is 6. The number of hydrogen-bond acceptors (Lipinski definition) is 3. The fourth-order valence-electron chi connectivity index (χ4n) is 2.96. The van der Waals surface area contributed by atoms with Crippen LogP contribution in [0.3, 0.4) is 0 Å². The number of hydrogen-bond donors (Lipinski definition) is 2. The van der Waals surface area contributed by atoms with E-state index >= 15 is 0 Å². The van der Waals surface area contributed by atoms with Crippen LogP contribution in [0.1, 0.15) is 46.0 Å². The second-order valence-corrected chi connectivity index (χ2v) is 5.95. The minimum atomic E-state index is -0.387. The summed E-state index contributed by atoms with van der Waals surface area (Å²) in [7, 11) is 1.65. The highest BCUT2D eigenvalue weighted by Crippen LogP contribution is 2.32. The van der Waals surface area contributed by atoms with Gasteiger partial charge in [0.25, 0.3) is 0 Å². The zero-order chi connectivity index (χ0) is 13.6. The van der Waals surface area contributed by atoms with Crippen molar-refractivity contribution in [2.24, 2.45) is 11.8 Å². The van der Waals surface area contributed by atoms with Gasteiger partial charge in [-0.05, 0) is 24.7 Å². The SMILES string of the molecule is COCC(C)CC(=O)NC1(CO)CCCC(C)C1. The second-order valence-electron chi connectivity index (χ2n) is 5.95. The fourth-order valence-corrected chi connectivity index (χ4v) is 2.96. The van der Waals surface area contributed by atoms with Crippen molar-refractivity contribution in [3.63, 3.8) is 0 Å². The third-order valence-electron chi connectivity index (χ3n) is 3.78. The average molecular weight is 257 g/mol. The lowest BCUT2D eigenvalue weighted by Gasteiger charge is -2.39. The van der Waals surface area contributed by atoms with E-state index in [0.29, 0.717) is 18.9 Å². The lowest BCUT2D eigenvalue weighted by molar-refractivity contribution is -0.125. The first kappa shape index (κ1) is 15.4. The van der Waals surface area contributed by atoms with Crippen molar-refractivity contribution >= 4 is 5.91 Å². The van der Waals surface area contributed by atoms with Crippen molar-refractivity contribution < 1.29 is 14.6 Å². The van der Waals surface area contributed by atoms with Crippen LogP contribution >= 0.6 is 0 Å². The van der Waals surface area contributed by atoms with E-state index < -0.39 is 0 Å². The zero-order valence-electron chi connectivity index (χ0n) is 11.9. The number of aliphatic hydroxyl groups excluding tert-OH is 1. The monoisotopic (exact) mass is 257 g/mol. The number of carbonyl (C=O) groups is 1. The molecule has 1 rings (SSSR count). The standard InChI is InChI=1S/C14H27NO3/c1-11-5-4-6-14(8-11,10-16)15-13(17)7-12(2)9-18-3/h11-12,16H,4-10H2,1-3H3,(H,15,17). The molecular formula is C14H27NO3. The second kappa shape index (κ2) is 7.10. The highest BCUT2D eigenvalue weighted by molar-refractivity contribution is 5.77. The Morgan fingerprint density at radius 2 is 2.33 bits per heavy atom. The largest absolute Gasteiger partial charge is 0.394 e. The summed E-state index contributed by atoms with van der Waals surface area (Å²) in [6.07, 6.45) is 4.50. The predicted molar refractivity (Wildman–Crippen MR) is 71.2 cm³/mol. The number of nitrogens with one attached hydrogen (secondary N) is 1. The Kier molecular flexibility index (Phi) is 6.09. The van der Waals surface area contributed by atoms with E-state index in [1.165, 1.54) is 6.42 Å². The Hall–Kier alpha value is -0.610. The van der Waals surface area contributed by atoms with E-state index in [1.54, 1.807) is 7.11 Å². The van der Waals surface area contributed by atoms with Crippen molar-refractivity contribution in [2.75, 3.05) is 20.3 Å². The minimum absolute atomic E-state index is 0.0303.